The smallest absolute Gasteiger partial charge is 0.407 e. The van der Waals surface area contributed by atoms with E-state index in [0.29, 0.717) is 6.42 Å². The largest absolute Gasteiger partial charge is 0.464 e. The highest BCUT2D eigenvalue weighted by Gasteiger charge is 2.11. The number of carbonyl (C=O) groups excluding carboxylic acids is 2. The zero-order valence-corrected chi connectivity index (χ0v) is 8.12. The Labute approximate surface area is 77.4 Å². The first-order valence-corrected chi connectivity index (χ1v) is 4.08. The molecule has 0 aliphatic carbocycles. The average Bonchev–Trinajstić information content (AvgIpc) is 2.11. The maximum absolute atomic E-state index is 10.8. The molecule has 0 spiro atoms. The number of amides is 1. The molecule has 1 unspecified atom stereocenters. The zero-order chi connectivity index (χ0) is 10.3. The number of hydrogen-bond acceptors (Lipinski definition) is 4. The Hall–Kier alpha value is -1.26. The number of carbonyl (C=O) groups is 2. The molecule has 1 N–H and O–H groups in total. The van der Waals surface area contributed by atoms with Crippen LogP contribution in [0.15, 0.2) is 0 Å². The van der Waals surface area contributed by atoms with Gasteiger partial charge in [0.25, 0.3) is 0 Å². The summed E-state index contributed by atoms with van der Waals surface area (Å²) < 4.78 is 9.13. The summed E-state index contributed by atoms with van der Waals surface area (Å²) in [7, 11) is 1.29. The molecule has 0 aliphatic heterocycles. The van der Waals surface area contributed by atoms with Crippen molar-refractivity contribution in [1.29, 1.82) is 0 Å². The minimum Gasteiger partial charge on any atom is -0.464 e. The molecule has 1 atom stereocenters. The molecule has 5 nitrogen and oxygen atoms in total. The van der Waals surface area contributed by atoms with Crippen molar-refractivity contribution in [3.63, 3.8) is 0 Å². The average molecular weight is 189 g/mol. The second-order valence-corrected chi connectivity index (χ2v) is 2.54. The Morgan fingerprint density at radius 2 is 2.08 bits per heavy atom. The molecular formula is C8H15NO4. The number of ether oxygens (including phenoxy) is 2. The Morgan fingerprint density at radius 1 is 1.46 bits per heavy atom. The molecule has 0 heterocycles. The second kappa shape index (κ2) is 6.28. The van der Waals surface area contributed by atoms with E-state index in [4.69, 9.17) is 4.74 Å². The fourth-order valence-electron chi connectivity index (χ4n) is 0.705. The first-order valence-electron chi connectivity index (χ1n) is 4.08. The molecule has 0 aromatic carbocycles. The van der Waals surface area contributed by atoms with E-state index in [1.54, 1.807) is 0 Å². The zero-order valence-electron chi connectivity index (χ0n) is 8.12. The highest BCUT2D eigenvalue weighted by molar-refractivity contribution is 5.68. The number of hydrogen-bond donors (Lipinski definition) is 1. The maximum Gasteiger partial charge on any atom is 0.407 e. The van der Waals surface area contributed by atoms with Crippen LogP contribution in [0.4, 0.5) is 4.79 Å². The highest BCUT2D eigenvalue weighted by atomic mass is 16.5. The molecule has 5 heteroatoms. The molecule has 0 bridgehead atoms. The minimum absolute atomic E-state index is 0.181. The van der Waals surface area contributed by atoms with Crippen molar-refractivity contribution in [3.8, 4) is 0 Å². The van der Waals surface area contributed by atoms with Crippen molar-refractivity contribution < 1.29 is 19.1 Å². The van der Waals surface area contributed by atoms with Gasteiger partial charge in [-0.2, -0.15) is 0 Å². The normalized spacial score (nSPS) is 11.6. The van der Waals surface area contributed by atoms with Crippen molar-refractivity contribution in [2.45, 2.75) is 26.3 Å². The van der Waals surface area contributed by atoms with Crippen LogP contribution in [0.1, 0.15) is 20.3 Å². The van der Waals surface area contributed by atoms with Crippen LogP contribution in [0, 0.1) is 0 Å². The van der Waals surface area contributed by atoms with Gasteiger partial charge >= 0.3 is 12.1 Å². The summed E-state index contributed by atoms with van der Waals surface area (Å²) in [6, 6.07) is -0.184. The van der Waals surface area contributed by atoms with E-state index in [-0.39, 0.29) is 18.6 Å². The van der Waals surface area contributed by atoms with Gasteiger partial charge in [-0.1, -0.05) is 6.92 Å². The number of esters is 1. The molecule has 1 amide bonds. The number of methoxy groups -OCH3 is 1. The summed E-state index contributed by atoms with van der Waals surface area (Å²) >= 11 is 0. The maximum atomic E-state index is 10.8. The number of rotatable bonds is 4. The summed E-state index contributed by atoms with van der Waals surface area (Å²) in [5.74, 6) is -0.356. The fourth-order valence-corrected chi connectivity index (χ4v) is 0.705. The lowest BCUT2D eigenvalue weighted by molar-refractivity contribution is -0.141. The SMILES string of the molecule is CCC(COC(C)=O)NC(=O)OC. The van der Waals surface area contributed by atoms with Gasteiger partial charge in [0, 0.05) is 6.92 Å². The number of alkyl carbamates (subject to hydrolysis) is 1. The quantitative estimate of drug-likeness (QED) is 0.660. The van der Waals surface area contributed by atoms with Crippen molar-refractivity contribution in [2.75, 3.05) is 13.7 Å². The summed E-state index contributed by atoms with van der Waals surface area (Å²) in [6.45, 7) is 3.38. The van der Waals surface area contributed by atoms with E-state index in [2.05, 4.69) is 10.1 Å². The third-order valence-corrected chi connectivity index (χ3v) is 1.49. The Kier molecular flexibility index (Phi) is 5.67. The van der Waals surface area contributed by atoms with Crippen LogP contribution in [-0.2, 0) is 14.3 Å². The van der Waals surface area contributed by atoms with Crippen molar-refractivity contribution in [3.05, 3.63) is 0 Å². The van der Waals surface area contributed by atoms with Crippen LogP contribution < -0.4 is 5.32 Å². The van der Waals surface area contributed by atoms with Crippen molar-refractivity contribution in [2.24, 2.45) is 0 Å². The molecule has 76 valence electrons. The van der Waals surface area contributed by atoms with E-state index in [0.717, 1.165) is 0 Å². The van der Waals surface area contributed by atoms with E-state index in [9.17, 15) is 9.59 Å². The van der Waals surface area contributed by atoms with E-state index < -0.39 is 6.09 Å². The molecule has 0 fully saturated rings. The van der Waals surface area contributed by atoms with Gasteiger partial charge < -0.3 is 14.8 Å². The molecule has 0 aromatic heterocycles. The first-order chi connectivity index (χ1) is 6.10. The van der Waals surface area contributed by atoms with Gasteiger partial charge in [-0.3, -0.25) is 4.79 Å². The first kappa shape index (κ1) is 11.7. The van der Waals surface area contributed by atoms with Crippen LogP contribution in [0.3, 0.4) is 0 Å². The van der Waals surface area contributed by atoms with Crippen LogP contribution in [0.2, 0.25) is 0 Å². The van der Waals surface area contributed by atoms with E-state index in [1.807, 2.05) is 6.92 Å². The molecular weight excluding hydrogens is 174 g/mol. The lowest BCUT2D eigenvalue weighted by Gasteiger charge is -2.15. The predicted octanol–water partition coefficient (Wildman–Crippen LogP) is 0.684. The van der Waals surface area contributed by atoms with Gasteiger partial charge in [-0.25, -0.2) is 4.79 Å². The summed E-state index contributed by atoms with van der Waals surface area (Å²) in [6.07, 6.45) is 0.168. The molecule has 0 rings (SSSR count). The third kappa shape index (κ3) is 5.95. The number of nitrogens with one attached hydrogen (secondary N) is 1. The molecule has 0 aliphatic rings. The molecule has 0 saturated heterocycles. The van der Waals surface area contributed by atoms with E-state index in [1.165, 1.54) is 14.0 Å². The second-order valence-electron chi connectivity index (χ2n) is 2.54. The van der Waals surface area contributed by atoms with Gasteiger partial charge in [0.15, 0.2) is 0 Å². The van der Waals surface area contributed by atoms with Crippen molar-refractivity contribution >= 4 is 12.1 Å². The van der Waals surface area contributed by atoms with Gasteiger partial charge in [0.1, 0.15) is 6.61 Å². The standard InChI is InChI=1S/C8H15NO4/c1-4-7(5-13-6(2)10)9-8(11)12-3/h7H,4-5H2,1-3H3,(H,9,11). The van der Waals surface area contributed by atoms with E-state index >= 15 is 0 Å². The predicted molar refractivity (Wildman–Crippen MR) is 46.3 cm³/mol. The Bertz CT molecular complexity index is 181. The van der Waals surface area contributed by atoms with Gasteiger partial charge in [-0.05, 0) is 6.42 Å². The van der Waals surface area contributed by atoms with Crippen LogP contribution in [-0.4, -0.2) is 31.8 Å². The monoisotopic (exact) mass is 189 g/mol. The molecule has 0 radical (unpaired) electrons. The molecule has 0 saturated carbocycles. The van der Waals surface area contributed by atoms with Crippen LogP contribution in [0.25, 0.3) is 0 Å². The van der Waals surface area contributed by atoms with Gasteiger partial charge in [0.05, 0.1) is 13.2 Å². The highest BCUT2D eigenvalue weighted by Crippen LogP contribution is 1.93. The fraction of sp³-hybridized carbons (Fsp3) is 0.750. The molecule has 13 heavy (non-hydrogen) atoms. The van der Waals surface area contributed by atoms with Gasteiger partial charge in [0.2, 0.25) is 0 Å². The lowest BCUT2D eigenvalue weighted by Crippen LogP contribution is -2.38. The van der Waals surface area contributed by atoms with Gasteiger partial charge in [-0.15, -0.1) is 0 Å². The van der Waals surface area contributed by atoms with Crippen LogP contribution in [0.5, 0.6) is 0 Å². The summed E-state index contributed by atoms with van der Waals surface area (Å²) in [4.78, 5) is 21.2. The molecule has 0 aromatic rings. The minimum atomic E-state index is -0.515. The Morgan fingerprint density at radius 3 is 2.46 bits per heavy atom. The summed E-state index contributed by atoms with van der Waals surface area (Å²) in [5, 5.41) is 2.53. The topological polar surface area (TPSA) is 64.6 Å². The summed E-state index contributed by atoms with van der Waals surface area (Å²) in [5.41, 5.74) is 0. The lowest BCUT2D eigenvalue weighted by atomic mass is 10.2. The Balaban J connectivity index is 3.75. The van der Waals surface area contributed by atoms with Crippen LogP contribution >= 0.6 is 0 Å². The third-order valence-electron chi connectivity index (χ3n) is 1.49. The van der Waals surface area contributed by atoms with Crippen molar-refractivity contribution in [1.82, 2.24) is 5.32 Å².